The van der Waals surface area contributed by atoms with Gasteiger partial charge in [0.25, 0.3) is 5.91 Å². The Bertz CT molecular complexity index is 640. The molecule has 0 atom stereocenters. The van der Waals surface area contributed by atoms with Gasteiger partial charge in [-0.3, -0.25) is 4.79 Å². The zero-order valence-electron chi connectivity index (χ0n) is 9.72. The van der Waals surface area contributed by atoms with Gasteiger partial charge in [0.1, 0.15) is 5.82 Å². The number of aromatic carboxylic acids is 1. The van der Waals surface area contributed by atoms with E-state index in [4.69, 9.17) is 0 Å². The molecule has 2 aromatic carbocycles. The number of hydrogen-bond donors (Lipinski definition) is 1. The molecule has 0 saturated carbocycles. The van der Waals surface area contributed by atoms with Crippen molar-refractivity contribution >= 4 is 17.6 Å². The van der Waals surface area contributed by atoms with E-state index in [0.717, 1.165) is 6.07 Å². The van der Waals surface area contributed by atoms with Crippen LogP contribution in [0.15, 0.2) is 48.5 Å². The first-order valence-electron chi connectivity index (χ1n) is 5.45. The van der Waals surface area contributed by atoms with Gasteiger partial charge in [-0.1, -0.05) is 24.3 Å². The Kier molecular flexibility index (Phi) is 3.56. The van der Waals surface area contributed by atoms with Crippen molar-refractivity contribution in [2.24, 2.45) is 0 Å². The van der Waals surface area contributed by atoms with Crippen LogP contribution >= 0.6 is 0 Å². The van der Waals surface area contributed by atoms with Crippen LogP contribution in [0.3, 0.4) is 0 Å². The van der Waals surface area contributed by atoms with E-state index in [1.165, 1.54) is 42.5 Å². The number of anilines is 1. The molecule has 4 nitrogen and oxygen atoms in total. The van der Waals surface area contributed by atoms with Crippen molar-refractivity contribution in [1.82, 2.24) is 0 Å². The van der Waals surface area contributed by atoms with Gasteiger partial charge in [0.05, 0.1) is 5.97 Å². The van der Waals surface area contributed by atoms with Crippen molar-refractivity contribution in [3.63, 3.8) is 0 Å². The number of carbonyl (C=O) groups is 2. The summed E-state index contributed by atoms with van der Waals surface area (Å²) in [5, 5.41) is 13.3. The maximum atomic E-state index is 13.0. The van der Waals surface area contributed by atoms with Crippen molar-refractivity contribution in [3.8, 4) is 0 Å². The zero-order valence-corrected chi connectivity index (χ0v) is 9.72. The van der Waals surface area contributed by atoms with Crippen molar-refractivity contribution in [2.45, 2.75) is 0 Å². The Hall–Kier alpha value is -2.69. The van der Waals surface area contributed by atoms with Gasteiger partial charge in [-0.05, 0) is 24.3 Å². The Morgan fingerprint density at radius 3 is 2.32 bits per heavy atom. The first-order chi connectivity index (χ1) is 9.08. The molecular formula is C14H9FNO3-. The summed E-state index contributed by atoms with van der Waals surface area (Å²) in [6, 6.07) is 11.0. The fourth-order valence-corrected chi connectivity index (χ4v) is 1.62. The number of rotatable bonds is 3. The molecule has 0 aliphatic carbocycles. The van der Waals surface area contributed by atoms with E-state index >= 15 is 0 Å². The van der Waals surface area contributed by atoms with Gasteiger partial charge in [-0.25, -0.2) is 4.39 Å². The highest BCUT2D eigenvalue weighted by Crippen LogP contribution is 2.13. The molecule has 0 unspecified atom stereocenters. The molecule has 0 spiro atoms. The normalized spacial score (nSPS) is 9.95. The van der Waals surface area contributed by atoms with Crippen LogP contribution < -0.4 is 10.4 Å². The fourth-order valence-electron chi connectivity index (χ4n) is 1.62. The molecule has 1 amide bonds. The minimum Gasteiger partial charge on any atom is -0.545 e. The van der Waals surface area contributed by atoms with E-state index in [1.807, 2.05) is 0 Å². The second-order valence-corrected chi connectivity index (χ2v) is 3.80. The highest BCUT2D eigenvalue weighted by atomic mass is 19.1. The molecule has 2 aromatic rings. The van der Waals surface area contributed by atoms with E-state index in [1.54, 1.807) is 0 Å². The number of carboxylic acids is 1. The predicted octanol–water partition coefficient (Wildman–Crippen LogP) is 1.44. The summed E-state index contributed by atoms with van der Waals surface area (Å²) >= 11 is 0. The average Bonchev–Trinajstić information content (AvgIpc) is 2.38. The minimum absolute atomic E-state index is 0.0354. The van der Waals surface area contributed by atoms with Crippen molar-refractivity contribution in [1.29, 1.82) is 0 Å². The molecule has 0 radical (unpaired) electrons. The number of carbonyl (C=O) groups excluding carboxylic acids is 2. The van der Waals surface area contributed by atoms with Gasteiger partial charge in [0.2, 0.25) is 0 Å². The maximum absolute atomic E-state index is 13.0. The van der Waals surface area contributed by atoms with Crippen LogP contribution in [0.1, 0.15) is 20.7 Å². The number of benzene rings is 2. The van der Waals surface area contributed by atoms with Gasteiger partial charge < -0.3 is 15.2 Å². The molecule has 0 heterocycles. The lowest BCUT2D eigenvalue weighted by molar-refractivity contribution is -0.255. The van der Waals surface area contributed by atoms with E-state index in [2.05, 4.69) is 5.32 Å². The van der Waals surface area contributed by atoms with Crippen LogP contribution in [0, 0.1) is 5.82 Å². The predicted molar refractivity (Wildman–Crippen MR) is 65.1 cm³/mol. The summed E-state index contributed by atoms with van der Waals surface area (Å²) in [4.78, 5) is 22.8. The van der Waals surface area contributed by atoms with Gasteiger partial charge in [0.15, 0.2) is 0 Å². The summed E-state index contributed by atoms with van der Waals surface area (Å²) < 4.78 is 13.0. The van der Waals surface area contributed by atoms with Crippen LogP contribution in [0.5, 0.6) is 0 Å². The molecule has 96 valence electrons. The van der Waals surface area contributed by atoms with E-state index in [0.29, 0.717) is 0 Å². The third-order valence-corrected chi connectivity index (χ3v) is 2.47. The highest BCUT2D eigenvalue weighted by Gasteiger charge is 2.11. The summed E-state index contributed by atoms with van der Waals surface area (Å²) in [5.41, 5.74) is 0.00122. The van der Waals surface area contributed by atoms with Crippen LogP contribution in [0.25, 0.3) is 0 Å². The number of carboxylic acid groups (broad SMARTS) is 1. The molecule has 1 N–H and O–H groups in total. The summed E-state index contributed by atoms with van der Waals surface area (Å²) in [6.07, 6.45) is 0. The first-order valence-corrected chi connectivity index (χ1v) is 5.45. The SMILES string of the molecule is O=C([O-])c1ccccc1C(=O)Nc1cccc(F)c1. The van der Waals surface area contributed by atoms with Gasteiger partial charge in [-0.15, -0.1) is 0 Å². The van der Waals surface area contributed by atoms with Crippen LogP contribution in [-0.2, 0) is 0 Å². The number of nitrogens with one attached hydrogen (secondary N) is 1. The van der Waals surface area contributed by atoms with E-state index in [9.17, 15) is 19.1 Å². The lowest BCUT2D eigenvalue weighted by atomic mass is 10.1. The molecule has 19 heavy (non-hydrogen) atoms. The molecule has 0 aliphatic rings. The molecule has 0 saturated heterocycles. The largest absolute Gasteiger partial charge is 0.545 e. The molecule has 2 rings (SSSR count). The third-order valence-electron chi connectivity index (χ3n) is 2.47. The second-order valence-electron chi connectivity index (χ2n) is 3.80. The Morgan fingerprint density at radius 2 is 1.68 bits per heavy atom. The zero-order chi connectivity index (χ0) is 13.8. The second kappa shape index (κ2) is 5.30. The summed E-state index contributed by atoms with van der Waals surface area (Å²) in [7, 11) is 0. The number of halogens is 1. The Balaban J connectivity index is 2.28. The van der Waals surface area contributed by atoms with Crippen LogP contribution in [0.4, 0.5) is 10.1 Å². The average molecular weight is 258 g/mol. The lowest BCUT2D eigenvalue weighted by Crippen LogP contribution is -2.26. The molecule has 5 heteroatoms. The smallest absolute Gasteiger partial charge is 0.256 e. The van der Waals surface area contributed by atoms with Gasteiger partial charge in [0, 0.05) is 16.8 Å². The summed E-state index contributed by atoms with van der Waals surface area (Å²) in [5.74, 6) is -2.57. The molecule has 0 fully saturated rings. The van der Waals surface area contributed by atoms with E-state index in [-0.39, 0.29) is 16.8 Å². The highest BCUT2D eigenvalue weighted by molar-refractivity contribution is 6.10. The fraction of sp³-hybridized carbons (Fsp3) is 0. The lowest BCUT2D eigenvalue weighted by Gasteiger charge is -2.10. The Labute approximate surface area is 108 Å². The van der Waals surface area contributed by atoms with Crippen molar-refractivity contribution in [3.05, 3.63) is 65.5 Å². The molecule has 0 aliphatic heterocycles. The standard InChI is InChI=1S/C14H10FNO3/c15-9-4-3-5-10(8-9)16-13(17)11-6-1-2-7-12(11)14(18)19/h1-8H,(H,16,17)(H,18,19)/p-1. The van der Waals surface area contributed by atoms with Crippen molar-refractivity contribution in [2.75, 3.05) is 5.32 Å². The van der Waals surface area contributed by atoms with Crippen molar-refractivity contribution < 1.29 is 19.1 Å². The summed E-state index contributed by atoms with van der Waals surface area (Å²) in [6.45, 7) is 0. The van der Waals surface area contributed by atoms with Gasteiger partial charge in [-0.2, -0.15) is 0 Å². The van der Waals surface area contributed by atoms with Crippen LogP contribution in [-0.4, -0.2) is 11.9 Å². The molecule has 0 aromatic heterocycles. The maximum Gasteiger partial charge on any atom is 0.256 e. The number of amides is 1. The Morgan fingerprint density at radius 1 is 1.00 bits per heavy atom. The van der Waals surface area contributed by atoms with E-state index < -0.39 is 17.7 Å². The quantitative estimate of drug-likeness (QED) is 0.905. The number of hydrogen-bond acceptors (Lipinski definition) is 3. The molecular weight excluding hydrogens is 249 g/mol. The molecule has 0 bridgehead atoms. The topological polar surface area (TPSA) is 69.2 Å². The first kappa shape index (κ1) is 12.8. The van der Waals surface area contributed by atoms with Gasteiger partial charge >= 0.3 is 0 Å². The third kappa shape index (κ3) is 2.95. The van der Waals surface area contributed by atoms with Crippen LogP contribution in [0.2, 0.25) is 0 Å². The monoisotopic (exact) mass is 258 g/mol. The minimum atomic E-state index is -1.44.